The molecule has 1 aliphatic heterocycles. The summed E-state index contributed by atoms with van der Waals surface area (Å²) in [6, 6.07) is -0.367. The molecule has 0 radical (unpaired) electrons. The summed E-state index contributed by atoms with van der Waals surface area (Å²) in [5.74, 6) is -0.0988. The minimum absolute atomic E-state index is 0.0988. The van der Waals surface area contributed by atoms with Crippen molar-refractivity contribution >= 4 is 11.9 Å². The first kappa shape index (κ1) is 13.7. The van der Waals surface area contributed by atoms with E-state index in [0.29, 0.717) is 19.6 Å². The SMILES string of the molecule is C=CC(=O)[C@H]1CN(C(=O)OC(C)(C)C)CCN1. The van der Waals surface area contributed by atoms with Crippen molar-refractivity contribution in [2.45, 2.75) is 32.4 Å². The Hall–Kier alpha value is -1.36. The Morgan fingerprint density at radius 2 is 2.12 bits per heavy atom. The van der Waals surface area contributed by atoms with E-state index in [1.54, 1.807) is 4.90 Å². The third-order valence-electron chi connectivity index (χ3n) is 2.37. The summed E-state index contributed by atoms with van der Waals surface area (Å²) in [5, 5.41) is 3.05. The molecule has 0 aromatic carbocycles. The quantitative estimate of drug-likeness (QED) is 0.730. The van der Waals surface area contributed by atoms with Gasteiger partial charge in [-0.05, 0) is 26.8 Å². The van der Waals surface area contributed by atoms with Gasteiger partial charge in [0.2, 0.25) is 0 Å². The van der Waals surface area contributed by atoms with Crippen molar-refractivity contribution in [3.8, 4) is 0 Å². The van der Waals surface area contributed by atoms with Crippen molar-refractivity contribution in [1.29, 1.82) is 0 Å². The molecular formula is C12H20N2O3. The molecule has 0 aromatic rings. The Balaban J connectivity index is 2.57. The smallest absolute Gasteiger partial charge is 0.410 e. The fourth-order valence-electron chi connectivity index (χ4n) is 1.58. The van der Waals surface area contributed by atoms with Gasteiger partial charge in [0.05, 0.1) is 6.04 Å². The second kappa shape index (κ2) is 5.31. The Labute approximate surface area is 102 Å². The summed E-state index contributed by atoms with van der Waals surface area (Å²) in [4.78, 5) is 24.8. The van der Waals surface area contributed by atoms with Gasteiger partial charge in [-0.3, -0.25) is 4.79 Å². The molecule has 5 heteroatoms. The average molecular weight is 240 g/mol. The van der Waals surface area contributed by atoms with E-state index < -0.39 is 5.60 Å². The number of amides is 1. The van der Waals surface area contributed by atoms with Crippen molar-refractivity contribution < 1.29 is 14.3 Å². The molecule has 0 aromatic heterocycles. The topological polar surface area (TPSA) is 58.6 Å². The van der Waals surface area contributed by atoms with Crippen LogP contribution in [0.15, 0.2) is 12.7 Å². The van der Waals surface area contributed by atoms with Crippen molar-refractivity contribution in [3.63, 3.8) is 0 Å². The summed E-state index contributed by atoms with van der Waals surface area (Å²) in [5.41, 5.74) is -0.514. The van der Waals surface area contributed by atoms with Gasteiger partial charge in [0.1, 0.15) is 5.60 Å². The molecule has 0 bridgehead atoms. The van der Waals surface area contributed by atoms with Crippen LogP contribution in [-0.4, -0.2) is 48.1 Å². The molecule has 0 unspecified atom stereocenters. The van der Waals surface area contributed by atoms with Crippen LogP contribution in [0.5, 0.6) is 0 Å². The number of piperazine rings is 1. The normalized spacial score (nSPS) is 20.9. The predicted octanol–water partition coefficient (Wildman–Crippen LogP) is 0.950. The molecule has 1 amide bonds. The first-order valence-corrected chi connectivity index (χ1v) is 5.71. The molecule has 1 saturated heterocycles. The first-order chi connectivity index (χ1) is 7.83. The van der Waals surface area contributed by atoms with Crippen LogP contribution in [0.25, 0.3) is 0 Å². The number of hydrogen-bond acceptors (Lipinski definition) is 4. The number of hydrogen-bond donors (Lipinski definition) is 1. The van der Waals surface area contributed by atoms with Crippen LogP contribution in [0.3, 0.4) is 0 Å². The molecule has 17 heavy (non-hydrogen) atoms. The maximum atomic E-state index is 11.8. The van der Waals surface area contributed by atoms with Gasteiger partial charge in [0.15, 0.2) is 5.78 Å². The lowest BCUT2D eigenvalue weighted by atomic mass is 10.1. The molecule has 1 atom stereocenters. The Morgan fingerprint density at radius 3 is 2.65 bits per heavy atom. The minimum Gasteiger partial charge on any atom is -0.444 e. The zero-order valence-corrected chi connectivity index (χ0v) is 10.7. The maximum Gasteiger partial charge on any atom is 0.410 e. The predicted molar refractivity (Wildman–Crippen MR) is 64.8 cm³/mol. The summed E-state index contributed by atoms with van der Waals surface area (Å²) >= 11 is 0. The van der Waals surface area contributed by atoms with Gasteiger partial charge in [-0.1, -0.05) is 6.58 Å². The summed E-state index contributed by atoms with van der Waals surface area (Å²) < 4.78 is 5.26. The highest BCUT2D eigenvalue weighted by atomic mass is 16.6. The average Bonchev–Trinajstić information content (AvgIpc) is 2.26. The molecule has 1 aliphatic rings. The molecule has 96 valence electrons. The number of nitrogens with zero attached hydrogens (tertiary/aromatic N) is 1. The zero-order chi connectivity index (χ0) is 13.1. The van der Waals surface area contributed by atoms with Crippen LogP contribution >= 0.6 is 0 Å². The second-order valence-corrected chi connectivity index (χ2v) is 5.04. The van der Waals surface area contributed by atoms with Crippen LogP contribution in [0.1, 0.15) is 20.8 Å². The number of ether oxygens (including phenoxy) is 1. The Morgan fingerprint density at radius 1 is 1.47 bits per heavy atom. The lowest BCUT2D eigenvalue weighted by Crippen LogP contribution is -2.56. The van der Waals surface area contributed by atoms with Crippen molar-refractivity contribution in [3.05, 3.63) is 12.7 Å². The van der Waals surface area contributed by atoms with E-state index in [-0.39, 0.29) is 17.9 Å². The molecule has 1 fully saturated rings. The standard InChI is InChI=1S/C12H20N2O3/c1-5-10(15)9-8-14(7-6-13-9)11(16)17-12(2,3)4/h5,9,13H,1,6-8H2,2-4H3/t9-/m1/s1. The summed E-state index contributed by atoms with van der Waals surface area (Å²) in [6.07, 6.45) is 0.900. The van der Waals surface area contributed by atoms with Crippen LogP contribution in [0.2, 0.25) is 0 Å². The Kier molecular flexibility index (Phi) is 4.28. The molecular weight excluding hydrogens is 220 g/mol. The third-order valence-corrected chi connectivity index (χ3v) is 2.37. The van der Waals surface area contributed by atoms with Gasteiger partial charge in [0.25, 0.3) is 0 Å². The highest BCUT2D eigenvalue weighted by molar-refractivity contribution is 5.94. The van der Waals surface area contributed by atoms with Gasteiger partial charge >= 0.3 is 6.09 Å². The molecule has 5 nitrogen and oxygen atoms in total. The number of rotatable bonds is 2. The van der Waals surface area contributed by atoms with E-state index in [4.69, 9.17) is 4.74 Å². The van der Waals surface area contributed by atoms with Gasteiger partial charge in [0, 0.05) is 19.6 Å². The van der Waals surface area contributed by atoms with E-state index in [1.165, 1.54) is 6.08 Å². The van der Waals surface area contributed by atoms with Gasteiger partial charge < -0.3 is 15.0 Å². The van der Waals surface area contributed by atoms with Crippen LogP contribution < -0.4 is 5.32 Å². The zero-order valence-electron chi connectivity index (χ0n) is 10.7. The molecule has 0 saturated carbocycles. The molecule has 1 heterocycles. The molecule has 1 N–H and O–H groups in total. The van der Waals surface area contributed by atoms with Crippen molar-refractivity contribution in [1.82, 2.24) is 10.2 Å². The molecule has 1 rings (SSSR count). The molecule has 0 spiro atoms. The first-order valence-electron chi connectivity index (χ1n) is 5.71. The lowest BCUT2D eigenvalue weighted by molar-refractivity contribution is -0.117. The summed E-state index contributed by atoms with van der Waals surface area (Å²) in [6.45, 7) is 10.4. The Bertz CT molecular complexity index is 320. The van der Waals surface area contributed by atoms with Gasteiger partial charge in [-0.25, -0.2) is 4.79 Å². The number of ketones is 1. The van der Waals surface area contributed by atoms with Crippen molar-refractivity contribution in [2.24, 2.45) is 0 Å². The molecule has 0 aliphatic carbocycles. The second-order valence-electron chi connectivity index (χ2n) is 5.04. The fourth-order valence-corrected chi connectivity index (χ4v) is 1.58. The highest BCUT2D eigenvalue weighted by Crippen LogP contribution is 2.11. The van der Waals surface area contributed by atoms with E-state index in [1.807, 2.05) is 20.8 Å². The number of nitrogens with one attached hydrogen (secondary N) is 1. The van der Waals surface area contributed by atoms with E-state index in [0.717, 1.165) is 0 Å². The van der Waals surface area contributed by atoms with Crippen LogP contribution in [0, 0.1) is 0 Å². The largest absolute Gasteiger partial charge is 0.444 e. The van der Waals surface area contributed by atoms with Crippen LogP contribution in [-0.2, 0) is 9.53 Å². The maximum absolute atomic E-state index is 11.8. The van der Waals surface area contributed by atoms with E-state index in [2.05, 4.69) is 11.9 Å². The van der Waals surface area contributed by atoms with E-state index in [9.17, 15) is 9.59 Å². The third kappa shape index (κ3) is 4.19. The monoisotopic (exact) mass is 240 g/mol. The lowest BCUT2D eigenvalue weighted by Gasteiger charge is -2.33. The van der Waals surface area contributed by atoms with Crippen molar-refractivity contribution in [2.75, 3.05) is 19.6 Å². The number of carbonyl (C=O) groups is 2. The number of carbonyl (C=O) groups excluding carboxylic acids is 2. The summed E-state index contributed by atoms with van der Waals surface area (Å²) in [7, 11) is 0. The fraction of sp³-hybridized carbons (Fsp3) is 0.667. The minimum atomic E-state index is -0.514. The van der Waals surface area contributed by atoms with E-state index >= 15 is 0 Å². The van der Waals surface area contributed by atoms with Crippen LogP contribution in [0.4, 0.5) is 4.79 Å². The highest BCUT2D eigenvalue weighted by Gasteiger charge is 2.29. The van der Waals surface area contributed by atoms with Gasteiger partial charge in [-0.15, -0.1) is 0 Å². The van der Waals surface area contributed by atoms with Gasteiger partial charge in [-0.2, -0.15) is 0 Å².